The number of hydrogen-bond donors (Lipinski definition) is 1. The van der Waals surface area contributed by atoms with Crippen LogP contribution in [0, 0.1) is 18.3 Å². The van der Waals surface area contributed by atoms with Crippen molar-refractivity contribution in [2.24, 2.45) is 5.92 Å². The number of piperidine rings is 1. The fourth-order valence-corrected chi connectivity index (χ4v) is 1.65. The molecule has 0 aromatic heterocycles. The van der Waals surface area contributed by atoms with Crippen molar-refractivity contribution in [3.8, 4) is 12.3 Å². The minimum absolute atomic E-state index is 0.232. The summed E-state index contributed by atoms with van der Waals surface area (Å²) in [7, 11) is 0. The zero-order valence-corrected chi connectivity index (χ0v) is 7.86. The van der Waals surface area contributed by atoms with Gasteiger partial charge in [-0.05, 0) is 26.3 Å². The third-order valence-corrected chi connectivity index (χ3v) is 2.59. The van der Waals surface area contributed by atoms with Crippen molar-refractivity contribution in [1.29, 1.82) is 0 Å². The lowest BCUT2D eigenvalue weighted by Crippen LogP contribution is -2.44. The molecule has 1 saturated heterocycles. The quantitative estimate of drug-likeness (QED) is 0.641. The standard InChI is InChI=1S/C10H15NO2/c1-3-9-5-4-6-11(7-9)8(2)10(12)13/h1,8-9H,4-7H2,2H3,(H,12,13). The van der Waals surface area contributed by atoms with E-state index in [1.54, 1.807) is 6.92 Å². The smallest absolute Gasteiger partial charge is 0.320 e. The van der Waals surface area contributed by atoms with Crippen molar-refractivity contribution in [2.75, 3.05) is 13.1 Å². The summed E-state index contributed by atoms with van der Waals surface area (Å²) < 4.78 is 0. The molecule has 0 saturated carbocycles. The van der Waals surface area contributed by atoms with Gasteiger partial charge in [0, 0.05) is 12.5 Å². The largest absolute Gasteiger partial charge is 0.480 e. The van der Waals surface area contributed by atoms with Crippen LogP contribution in [0.1, 0.15) is 19.8 Å². The van der Waals surface area contributed by atoms with E-state index in [2.05, 4.69) is 5.92 Å². The molecule has 0 spiro atoms. The van der Waals surface area contributed by atoms with Gasteiger partial charge in [0.25, 0.3) is 0 Å². The molecule has 0 bridgehead atoms. The molecule has 13 heavy (non-hydrogen) atoms. The summed E-state index contributed by atoms with van der Waals surface area (Å²) in [5.74, 6) is 2.16. The van der Waals surface area contributed by atoms with Crippen LogP contribution in [-0.2, 0) is 4.79 Å². The Morgan fingerprint density at radius 3 is 3.00 bits per heavy atom. The van der Waals surface area contributed by atoms with Crippen LogP contribution in [-0.4, -0.2) is 35.1 Å². The van der Waals surface area contributed by atoms with Crippen molar-refractivity contribution >= 4 is 5.97 Å². The van der Waals surface area contributed by atoms with Gasteiger partial charge in [-0.15, -0.1) is 12.3 Å². The van der Waals surface area contributed by atoms with Crippen LogP contribution in [0.15, 0.2) is 0 Å². The van der Waals surface area contributed by atoms with Gasteiger partial charge in [0.1, 0.15) is 6.04 Å². The Kier molecular flexibility index (Phi) is 3.32. The predicted octanol–water partition coefficient (Wildman–Crippen LogP) is 0.805. The fourth-order valence-electron chi connectivity index (χ4n) is 1.65. The molecule has 0 aromatic carbocycles. The minimum atomic E-state index is -0.766. The number of carboxylic acids is 1. The molecule has 0 aliphatic carbocycles. The molecular weight excluding hydrogens is 166 g/mol. The number of terminal acetylenes is 1. The summed E-state index contributed by atoms with van der Waals surface area (Å²) in [6.07, 6.45) is 7.35. The summed E-state index contributed by atoms with van der Waals surface area (Å²) in [6, 6.07) is -0.406. The highest BCUT2D eigenvalue weighted by Crippen LogP contribution is 2.17. The predicted molar refractivity (Wildman–Crippen MR) is 50.2 cm³/mol. The first-order chi connectivity index (χ1) is 6.15. The lowest BCUT2D eigenvalue weighted by molar-refractivity contribution is -0.143. The number of hydrogen-bond acceptors (Lipinski definition) is 2. The molecule has 1 rings (SSSR count). The molecular formula is C10H15NO2. The number of carboxylic acid groups (broad SMARTS) is 1. The van der Waals surface area contributed by atoms with Gasteiger partial charge in [0.15, 0.2) is 0 Å². The summed E-state index contributed by atoms with van der Waals surface area (Å²) in [5.41, 5.74) is 0. The number of aliphatic carboxylic acids is 1. The Morgan fingerprint density at radius 2 is 2.46 bits per heavy atom. The molecule has 2 unspecified atom stereocenters. The van der Waals surface area contributed by atoms with Gasteiger partial charge < -0.3 is 5.11 Å². The third-order valence-electron chi connectivity index (χ3n) is 2.59. The summed E-state index contributed by atoms with van der Waals surface area (Å²) >= 11 is 0. The van der Waals surface area contributed by atoms with E-state index in [0.29, 0.717) is 0 Å². The molecule has 0 aromatic rings. The van der Waals surface area contributed by atoms with Crippen molar-refractivity contribution in [3.05, 3.63) is 0 Å². The highest BCUT2D eigenvalue weighted by atomic mass is 16.4. The van der Waals surface area contributed by atoms with E-state index in [1.807, 2.05) is 4.90 Å². The second-order valence-electron chi connectivity index (χ2n) is 3.51. The van der Waals surface area contributed by atoms with Crippen molar-refractivity contribution in [1.82, 2.24) is 4.90 Å². The van der Waals surface area contributed by atoms with Gasteiger partial charge in [-0.1, -0.05) is 0 Å². The van der Waals surface area contributed by atoms with E-state index >= 15 is 0 Å². The highest BCUT2D eigenvalue weighted by molar-refractivity contribution is 5.72. The molecule has 1 heterocycles. The van der Waals surface area contributed by atoms with Gasteiger partial charge in [0.05, 0.1) is 0 Å². The Labute approximate surface area is 78.7 Å². The average molecular weight is 181 g/mol. The van der Waals surface area contributed by atoms with E-state index in [1.165, 1.54) is 0 Å². The molecule has 0 amide bonds. The van der Waals surface area contributed by atoms with Crippen LogP contribution in [0.3, 0.4) is 0 Å². The summed E-state index contributed by atoms with van der Waals surface area (Å²) in [4.78, 5) is 12.6. The number of nitrogens with zero attached hydrogens (tertiary/aromatic N) is 1. The zero-order valence-electron chi connectivity index (χ0n) is 7.86. The van der Waals surface area contributed by atoms with Crippen LogP contribution in [0.5, 0.6) is 0 Å². The number of rotatable bonds is 2. The van der Waals surface area contributed by atoms with Gasteiger partial charge >= 0.3 is 5.97 Å². The second kappa shape index (κ2) is 4.29. The van der Waals surface area contributed by atoms with Crippen molar-refractivity contribution in [3.63, 3.8) is 0 Å². The van der Waals surface area contributed by atoms with E-state index in [9.17, 15) is 4.79 Å². The van der Waals surface area contributed by atoms with Crippen LogP contribution < -0.4 is 0 Å². The zero-order chi connectivity index (χ0) is 9.84. The molecule has 2 atom stereocenters. The van der Waals surface area contributed by atoms with E-state index in [-0.39, 0.29) is 5.92 Å². The SMILES string of the molecule is C#CC1CCCN(C(C)C(=O)O)C1. The Morgan fingerprint density at radius 1 is 1.77 bits per heavy atom. The number of carbonyl (C=O) groups is 1. The maximum Gasteiger partial charge on any atom is 0.320 e. The lowest BCUT2D eigenvalue weighted by Gasteiger charge is -2.32. The summed E-state index contributed by atoms with van der Waals surface area (Å²) in [5, 5.41) is 8.80. The topological polar surface area (TPSA) is 40.5 Å². The van der Waals surface area contributed by atoms with E-state index < -0.39 is 12.0 Å². The summed E-state index contributed by atoms with van der Waals surface area (Å²) in [6.45, 7) is 3.29. The van der Waals surface area contributed by atoms with E-state index in [0.717, 1.165) is 25.9 Å². The molecule has 1 fully saturated rings. The normalized spacial score (nSPS) is 26.3. The van der Waals surface area contributed by atoms with Crippen molar-refractivity contribution < 1.29 is 9.90 Å². The van der Waals surface area contributed by atoms with Gasteiger partial charge in [-0.3, -0.25) is 9.69 Å². The van der Waals surface area contributed by atoms with Crippen LogP contribution >= 0.6 is 0 Å². The average Bonchev–Trinajstić information content (AvgIpc) is 2.16. The Bertz CT molecular complexity index is 232. The Balaban J connectivity index is 2.52. The Hall–Kier alpha value is -1.01. The number of likely N-dealkylation sites (tertiary alicyclic amines) is 1. The third kappa shape index (κ3) is 2.46. The first-order valence-electron chi connectivity index (χ1n) is 4.58. The lowest BCUT2D eigenvalue weighted by atomic mass is 9.98. The van der Waals surface area contributed by atoms with Gasteiger partial charge in [-0.2, -0.15) is 0 Å². The molecule has 72 valence electrons. The highest BCUT2D eigenvalue weighted by Gasteiger charge is 2.25. The first kappa shape index (κ1) is 10.1. The molecule has 3 nitrogen and oxygen atoms in total. The van der Waals surface area contributed by atoms with Crippen LogP contribution in [0.25, 0.3) is 0 Å². The van der Waals surface area contributed by atoms with Crippen molar-refractivity contribution in [2.45, 2.75) is 25.8 Å². The molecule has 3 heteroatoms. The van der Waals surface area contributed by atoms with Crippen LogP contribution in [0.2, 0.25) is 0 Å². The van der Waals surface area contributed by atoms with Gasteiger partial charge in [0.2, 0.25) is 0 Å². The maximum atomic E-state index is 10.7. The van der Waals surface area contributed by atoms with E-state index in [4.69, 9.17) is 11.5 Å². The molecule has 0 radical (unpaired) electrons. The minimum Gasteiger partial charge on any atom is -0.480 e. The maximum absolute atomic E-state index is 10.7. The second-order valence-corrected chi connectivity index (χ2v) is 3.51. The monoisotopic (exact) mass is 181 g/mol. The molecule has 1 aliphatic heterocycles. The van der Waals surface area contributed by atoms with Crippen LogP contribution in [0.4, 0.5) is 0 Å². The fraction of sp³-hybridized carbons (Fsp3) is 0.700. The first-order valence-corrected chi connectivity index (χ1v) is 4.58. The molecule has 1 aliphatic rings. The molecule has 1 N–H and O–H groups in total. The van der Waals surface area contributed by atoms with Gasteiger partial charge in [-0.25, -0.2) is 0 Å².